The molecule has 1 aromatic carbocycles. The van der Waals surface area contributed by atoms with Gasteiger partial charge in [0.05, 0.1) is 14.2 Å². The van der Waals surface area contributed by atoms with Crippen LogP contribution in [0.25, 0.3) is 0 Å². The SMILES string of the molecule is COC(=O)C(Cc1cc(C)ccc1OC)NC(C)=O. The molecule has 104 valence electrons. The van der Waals surface area contributed by atoms with Crippen LogP contribution in [0.2, 0.25) is 0 Å². The number of aryl methyl sites for hydroxylation is 1. The largest absolute Gasteiger partial charge is 0.496 e. The first-order valence-corrected chi connectivity index (χ1v) is 5.96. The van der Waals surface area contributed by atoms with Crippen LogP contribution in [-0.4, -0.2) is 32.1 Å². The van der Waals surface area contributed by atoms with Gasteiger partial charge in [-0.1, -0.05) is 17.7 Å². The van der Waals surface area contributed by atoms with Crippen LogP contribution in [0.1, 0.15) is 18.1 Å². The predicted molar refractivity (Wildman–Crippen MR) is 71.1 cm³/mol. The smallest absolute Gasteiger partial charge is 0.328 e. The molecule has 5 heteroatoms. The summed E-state index contributed by atoms with van der Waals surface area (Å²) in [6.07, 6.45) is 0.330. The monoisotopic (exact) mass is 265 g/mol. The number of hydrogen-bond acceptors (Lipinski definition) is 4. The Hall–Kier alpha value is -2.04. The molecule has 0 bridgehead atoms. The van der Waals surface area contributed by atoms with Crippen molar-refractivity contribution in [1.82, 2.24) is 5.32 Å². The highest BCUT2D eigenvalue weighted by atomic mass is 16.5. The molecule has 1 aromatic rings. The molecule has 1 amide bonds. The molecule has 1 unspecified atom stereocenters. The van der Waals surface area contributed by atoms with Gasteiger partial charge in [-0.3, -0.25) is 4.79 Å². The van der Waals surface area contributed by atoms with Crippen LogP contribution in [0, 0.1) is 6.92 Å². The Kier molecular flexibility index (Phi) is 5.36. The molecule has 0 aromatic heterocycles. The third-order valence-electron chi connectivity index (χ3n) is 2.72. The van der Waals surface area contributed by atoms with E-state index in [4.69, 9.17) is 9.47 Å². The van der Waals surface area contributed by atoms with Crippen molar-refractivity contribution in [2.75, 3.05) is 14.2 Å². The van der Waals surface area contributed by atoms with Crippen molar-refractivity contribution in [1.29, 1.82) is 0 Å². The van der Waals surface area contributed by atoms with Crippen molar-refractivity contribution in [3.05, 3.63) is 29.3 Å². The zero-order chi connectivity index (χ0) is 14.4. The summed E-state index contributed by atoms with van der Waals surface area (Å²) < 4.78 is 9.95. The molecule has 1 N–H and O–H groups in total. The lowest BCUT2D eigenvalue weighted by Gasteiger charge is -2.17. The summed E-state index contributed by atoms with van der Waals surface area (Å²) in [7, 11) is 2.87. The summed E-state index contributed by atoms with van der Waals surface area (Å²) in [5.41, 5.74) is 1.91. The fraction of sp³-hybridized carbons (Fsp3) is 0.429. The van der Waals surface area contributed by atoms with E-state index >= 15 is 0 Å². The van der Waals surface area contributed by atoms with Gasteiger partial charge in [-0.25, -0.2) is 4.79 Å². The lowest BCUT2D eigenvalue weighted by Crippen LogP contribution is -2.42. The maximum atomic E-state index is 11.7. The molecule has 1 atom stereocenters. The van der Waals surface area contributed by atoms with E-state index in [0.717, 1.165) is 11.1 Å². The number of ether oxygens (including phenoxy) is 2. The topological polar surface area (TPSA) is 64.6 Å². The van der Waals surface area contributed by atoms with E-state index < -0.39 is 12.0 Å². The van der Waals surface area contributed by atoms with Gasteiger partial charge in [0.25, 0.3) is 0 Å². The standard InChI is InChI=1S/C14H19NO4/c1-9-5-6-13(18-3)11(7-9)8-12(14(17)19-4)15-10(2)16/h5-7,12H,8H2,1-4H3,(H,15,16). The lowest BCUT2D eigenvalue weighted by atomic mass is 10.0. The van der Waals surface area contributed by atoms with E-state index in [9.17, 15) is 9.59 Å². The highest BCUT2D eigenvalue weighted by molar-refractivity contribution is 5.83. The molecule has 0 fully saturated rings. The van der Waals surface area contributed by atoms with Gasteiger partial charge in [-0.2, -0.15) is 0 Å². The molecule has 0 aliphatic rings. The number of hydrogen-bond donors (Lipinski definition) is 1. The minimum Gasteiger partial charge on any atom is -0.496 e. The number of carbonyl (C=O) groups excluding carboxylic acids is 2. The Balaban J connectivity index is 2.98. The number of amides is 1. The third kappa shape index (κ3) is 4.28. The zero-order valence-corrected chi connectivity index (χ0v) is 11.6. The average Bonchev–Trinajstić information content (AvgIpc) is 2.36. The van der Waals surface area contributed by atoms with Crippen molar-refractivity contribution >= 4 is 11.9 Å². The van der Waals surface area contributed by atoms with E-state index in [1.165, 1.54) is 14.0 Å². The van der Waals surface area contributed by atoms with Gasteiger partial charge in [0, 0.05) is 13.3 Å². The fourth-order valence-corrected chi connectivity index (χ4v) is 1.87. The van der Waals surface area contributed by atoms with Crippen molar-refractivity contribution < 1.29 is 19.1 Å². The molecule has 0 spiro atoms. The van der Waals surface area contributed by atoms with Crippen LogP contribution in [0.3, 0.4) is 0 Å². The molecule has 0 saturated heterocycles. The maximum absolute atomic E-state index is 11.7. The van der Waals surface area contributed by atoms with Gasteiger partial charge in [0.2, 0.25) is 5.91 Å². The van der Waals surface area contributed by atoms with Gasteiger partial charge >= 0.3 is 5.97 Å². The van der Waals surface area contributed by atoms with Crippen molar-refractivity contribution in [2.24, 2.45) is 0 Å². The Labute approximate surface area is 112 Å². The van der Waals surface area contributed by atoms with Crippen LogP contribution < -0.4 is 10.1 Å². The number of esters is 1. The fourth-order valence-electron chi connectivity index (χ4n) is 1.87. The summed E-state index contributed by atoms with van der Waals surface area (Å²) in [4.78, 5) is 22.8. The highest BCUT2D eigenvalue weighted by Gasteiger charge is 2.22. The minimum absolute atomic E-state index is 0.276. The number of rotatable bonds is 5. The van der Waals surface area contributed by atoms with Crippen molar-refractivity contribution in [2.45, 2.75) is 26.3 Å². The molecule has 0 aliphatic carbocycles. The molecule has 0 saturated carbocycles. The lowest BCUT2D eigenvalue weighted by molar-refractivity contribution is -0.144. The van der Waals surface area contributed by atoms with Gasteiger partial charge in [-0.05, 0) is 18.6 Å². The van der Waals surface area contributed by atoms with E-state index in [1.54, 1.807) is 7.11 Å². The maximum Gasteiger partial charge on any atom is 0.328 e. The number of benzene rings is 1. The van der Waals surface area contributed by atoms with E-state index in [-0.39, 0.29) is 5.91 Å². The second kappa shape index (κ2) is 6.78. The van der Waals surface area contributed by atoms with Gasteiger partial charge in [-0.15, -0.1) is 0 Å². The summed E-state index contributed by atoms with van der Waals surface area (Å²) in [6, 6.07) is 4.98. The molecule has 0 heterocycles. The first-order chi connectivity index (χ1) is 8.97. The Bertz CT molecular complexity index is 471. The van der Waals surface area contributed by atoms with Crippen molar-refractivity contribution in [3.8, 4) is 5.75 Å². The average molecular weight is 265 g/mol. The predicted octanol–water partition coefficient (Wildman–Crippen LogP) is 1.22. The van der Waals surface area contributed by atoms with Crippen LogP contribution in [0.5, 0.6) is 5.75 Å². The molecule has 0 aliphatic heterocycles. The Morgan fingerprint density at radius 1 is 1.32 bits per heavy atom. The molecule has 0 radical (unpaired) electrons. The second-order valence-electron chi connectivity index (χ2n) is 4.30. The number of methoxy groups -OCH3 is 2. The Morgan fingerprint density at radius 2 is 2.00 bits per heavy atom. The van der Waals surface area contributed by atoms with E-state index in [2.05, 4.69) is 5.32 Å². The molecule has 19 heavy (non-hydrogen) atoms. The van der Waals surface area contributed by atoms with Crippen LogP contribution in [-0.2, 0) is 20.7 Å². The Morgan fingerprint density at radius 3 is 2.53 bits per heavy atom. The third-order valence-corrected chi connectivity index (χ3v) is 2.72. The molecular weight excluding hydrogens is 246 g/mol. The minimum atomic E-state index is -0.710. The van der Waals surface area contributed by atoms with Gasteiger partial charge in [0.15, 0.2) is 0 Å². The van der Waals surface area contributed by atoms with Crippen LogP contribution >= 0.6 is 0 Å². The summed E-state index contributed by atoms with van der Waals surface area (Å²) in [5, 5.41) is 2.58. The normalized spacial score (nSPS) is 11.6. The van der Waals surface area contributed by atoms with Gasteiger partial charge < -0.3 is 14.8 Å². The van der Waals surface area contributed by atoms with E-state index in [1.807, 2.05) is 25.1 Å². The molecule has 1 rings (SSSR count). The highest BCUT2D eigenvalue weighted by Crippen LogP contribution is 2.21. The number of nitrogens with one attached hydrogen (secondary N) is 1. The summed E-state index contributed by atoms with van der Waals surface area (Å²) in [5.74, 6) is -0.0642. The molecule has 5 nitrogen and oxygen atoms in total. The van der Waals surface area contributed by atoms with E-state index in [0.29, 0.717) is 12.2 Å². The summed E-state index contributed by atoms with van der Waals surface area (Å²) >= 11 is 0. The van der Waals surface area contributed by atoms with Gasteiger partial charge in [0.1, 0.15) is 11.8 Å². The van der Waals surface area contributed by atoms with Crippen LogP contribution in [0.4, 0.5) is 0 Å². The van der Waals surface area contributed by atoms with Crippen LogP contribution in [0.15, 0.2) is 18.2 Å². The molecular formula is C14H19NO4. The first-order valence-electron chi connectivity index (χ1n) is 5.96. The number of carbonyl (C=O) groups is 2. The second-order valence-corrected chi connectivity index (χ2v) is 4.30. The quantitative estimate of drug-likeness (QED) is 0.813. The van der Waals surface area contributed by atoms with Crippen molar-refractivity contribution in [3.63, 3.8) is 0 Å². The first kappa shape index (κ1) is 15.0. The summed E-state index contributed by atoms with van der Waals surface area (Å²) in [6.45, 7) is 3.32. The zero-order valence-electron chi connectivity index (χ0n) is 11.6.